The number of hydrogen-bond acceptors (Lipinski definition) is 7. The Kier molecular flexibility index (Phi) is 5.21. The van der Waals surface area contributed by atoms with Gasteiger partial charge < -0.3 is 20.1 Å². The van der Waals surface area contributed by atoms with E-state index in [1.807, 2.05) is 4.90 Å². The number of halogens is 3. The molecule has 0 radical (unpaired) electrons. The Labute approximate surface area is 118 Å². The third kappa shape index (κ3) is 4.09. The summed E-state index contributed by atoms with van der Waals surface area (Å²) in [6.07, 6.45) is -4.63. The number of anilines is 2. The van der Waals surface area contributed by atoms with Crippen LogP contribution in [0.3, 0.4) is 0 Å². The lowest BCUT2D eigenvalue weighted by molar-refractivity contribution is 0.00376. The molecule has 0 aromatic carbocycles. The highest BCUT2D eigenvalue weighted by atomic mass is 35.5. The van der Waals surface area contributed by atoms with Gasteiger partial charge >= 0.3 is 0 Å². The van der Waals surface area contributed by atoms with E-state index >= 15 is 0 Å². The van der Waals surface area contributed by atoms with Crippen molar-refractivity contribution < 1.29 is 18.6 Å². The van der Waals surface area contributed by atoms with Gasteiger partial charge in [0, 0.05) is 19.6 Å². The Balaban J connectivity index is 2.04. The van der Waals surface area contributed by atoms with E-state index in [0.29, 0.717) is 32.3 Å². The third-order valence-electron chi connectivity index (χ3n) is 2.65. The Morgan fingerprint density at radius 3 is 2.65 bits per heavy atom. The molecule has 1 atom stereocenters. The van der Waals surface area contributed by atoms with Gasteiger partial charge in [0.15, 0.2) is 0 Å². The van der Waals surface area contributed by atoms with Crippen molar-refractivity contribution in [1.29, 1.82) is 0 Å². The van der Waals surface area contributed by atoms with E-state index in [1.54, 1.807) is 0 Å². The first-order valence-corrected chi connectivity index (χ1v) is 6.38. The SMILES string of the molecule is OC(CNc1nc(Cl)nc(N2CCOCC2)n1)C(F)F. The van der Waals surface area contributed by atoms with Crippen LogP contribution in [0.15, 0.2) is 0 Å². The predicted octanol–water partition coefficient (Wildman–Crippen LogP) is 0.399. The minimum atomic E-state index is -2.83. The molecule has 10 heteroatoms. The zero-order valence-corrected chi connectivity index (χ0v) is 11.2. The molecule has 1 aliphatic heterocycles. The molecule has 2 N–H and O–H groups in total. The molecular weight excluding hydrogens is 296 g/mol. The van der Waals surface area contributed by atoms with Gasteiger partial charge in [0.1, 0.15) is 6.10 Å². The normalized spacial score (nSPS) is 17.4. The lowest BCUT2D eigenvalue weighted by Gasteiger charge is -2.26. The first kappa shape index (κ1) is 15.1. The quantitative estimate of drug-likeness (QED) is 0.814. The van der Waals surface area contributed by atoms with Crippen LogP contribution in [0.1, 0.15) is 0 Å². The van der Waals surface area contributed by atoms with Gasteiger partial charge in [-0.05, 0) is 11.6 Å². The van der Waals surface area contributed by atoms with Crippen molar-refractivity contribution >= 4 is 23.5 Å². The van der Waals surface area contributed by atoms with Crippen molar-refractivity contribution in [3.63, 3.8) is 0 Å². The van der Waals surface area contributed by atoms with E-state index in [2.05, 4.69) is 20.3 Å². The van der Waals surface area contributed by atoms with Gasteiger partial charge in [0.25, 0.3) is 6.43 Å². The predicted molar refractivity (Wildman–Crippen MR) is 68.4 cm³/mol. The highest BCUT2D eigenvalue weighted by Crippen LogP contribution is 2.15. The molecule has 0 aliphatic carbocycles. The zero-order chi connectivity index (χ0) is 14.5. The number of aromatic nitrogens is 3. The van der Waals surface area contributed by atoms with Crippen LogP contribution >= 0.6 is 11.6 Å². The third-order valence-corrected chi connectivity index (χ3v) is 2.82. The fraction of sp³-hybridized carbons (Fsp3) is 0.700. The van der Waals surface area contributed by atoms with Gasteiger partial charge in [-0.15, -0.1) is 0 Å². The van der Waals surface area contributed by atoms with Crippen molar-refractivity contribution in [3.05, 3.63) is 5.28 Å². The van der Waals surface area contributed by atoms with Crippen molar-refractivity contribution in [3.8, 4) is 0 Å². The minimum Gasteiger partial charge on any atom is -0.385 e. The average molecular weight is 310 g/mol. The molecule has 0 saturated carbocycles. The highest BCUT2D eigenvalue weighted by molar-refractivity contribution is 6.28. The number of ether oxygens (including phenoxy) is 1. The molecule has 0 spiro atoms. The van der Waals surface area contributed by atoms with Crippen LogP contribution in [0, 0.1) is 0 Å². The minimum absolute atomic E-state index is 0.0458. The monoisotopic (exact) mass is 309 g/mol. The molecule has 7 nitrogen and oxygen atoms in total. The van der Waals surface area contributed by atoms with Crippen LogP contribution in [0.25, 0.3) is 0 Å². The zero-order valence-electron chi connectivity index (χ0n) is 10.5. The second-order valence-corrected chi connectivity index (χ2v) is 4.45. The van der Waals surface area contributed by atoms with Gasteiger partial charge in [0.2, 0.25) is 17.2 Å². The first-order valence-electron chi connectivity index (χ1n) is 6.00. The number of alkyl halides is 2. The molecular formula is C10H14ClF2N5O2. The number of nitrogens with one attached hydrogen (secondary N) is 1. The largest absolute Gasteiger partial charge is 0.385 e. The molecule has 1 aromatic rings. The van der Waals surface area contributed by atoms with Gasteiger partial charge in [-0.2, -0.15) is 15.0 Å². The van der Waals surface area contributed by atoms with Gasteiger partial charge in [-0.3, -0.25) is 0 Å². The molecule has 20 heavy (non-hydrogen) atoms. The molecule has 0 bridgehead atoms. The molecule has 1 fully saturated rings. The van der Waals surface area contributed by atoms with E-state index in [1.165, 1.54) is 0 Å². The van der Waals surface area contributed by atoms with Crippen molar-refractivity contribution in [2.75, 3.05) is 43.1 Å². The Morgan fingerprint density at radius 2 is 2.00 bits per heavy atom. The second kappa shape index (κ2) is 6.91. The molecule has 1 aromatic heterocycles. The first-order chi connectivity index (χ1) is 9.56. The van der Waals surface area contributed by atoms with E-state index in [0.717, 1.165) is 0 Å². The van der Waals surface area contributed by atoms with Gasteiger partial charge in [-0.25, -0.2) is 8.78 Å². The van der Waals surface area contributed by atoms with E-state index in [9.17, 15) is 8.78 Å². The maximum Gasteiger partial charge on any atom is 0.265 e. The molecule has 0 amide bonds. The maximum absolute atomic E-state index is 12.2. The number of rotatable bonds is 5. The van der Waals surface area contributed by atoms with Crippen LogP contribution in [-0.4, -0.2) is 65.4 Å². The summed E-state index contributed by atoms with van der Waals surface area (Å²) in [4.78, 5) is 13.7. The van der Waals surface area contributed by atoms with E-state index < -0.39 is 12.5 Å². The van der Waals surface area contributed by atoms with Crippen molar-refractivity contribution in [1.82, 2.24) is 15.0 Å². The van der Waals surface area contributed by atoms with Crippen LogP contribution < -0.4 is 10.2 Å². The Bertz CT molecular complexity index is 448. The van der Waals surface area contributed by atoms with E-state index in [-0.39, 0.29) is 17.8 Å². The fourth-order valence-electron chi connectivity index (χ4n) is 1.61. The summed E-state index contributed by atoms with van der Waals surface area (Å²) < 4.78 is 29.6. The van der Waals surface area contributed by atoms with Gasteiger partial charge in [-0.1, -0.05) is 0 Å². The number of morpholine rings is 1. The van der Waals surface area contributed by atoms with Crippen molar-refractivity contribution in [2.45, 2.75) is 12.5 Å². The fourth-order valence-corrected chi connectivity index (χ4v) is 1.76. The average Bonchev–Trinajstić information content (AvgIpc) is 2.45. The Morgan fingerprint density at radius 1 is 1.30 bits per heavy atom. The van der Waals surface area contributed by atoms with Gasteiger partial charge in [0.05, 0.1) is 13.2 Å². The number of aliphatic hydroxyl groups excluding tert-OH is 1. The summed E-state index contributed by atoms with van der Waals surface area (Å²) in [5, 5.41) is 11.5. The standard InChI is InChI=1S/C10H14ClF2N5O2/c11-8-15-9(14-5-6(19)7(12)13)17-10(16-8)18-1-3-20-4-2-18/h6-7,19H,1-5H2,(H,14,15,16,17). The number of hydrogen-bond donors (Lipinski definition) is 2. The molecule has 1 saturated heterocycles. The van der Waals surface area contributed by atoms with Crippen LogP contribution in [-0.2, 0) is 4.74 Å². The second-order valence-electron chi connectivity index (χ2n) is 4.11. The van der Waals surface area contributed by atoms with E-state index in [4.69, 9.17) is 21.4 Å². The van der Waals surface area contributed by atoms with Crippen molar-refractivity contribution in [2.24, 2.45) is 0 Å². The molecule has 2 heterocycles. The summed E-state index contributed by atoms with van der Waals surface area (Å²) in [6.45, 7) is 1.95. The topological polar surface area (TPSA) is 83.4 Å². The van der Waals surface area contributed by atoms with Crippen LogP contribution in [0.5, 0.6) is 0 Å². The summed E-state index contributed by atoms with van der Waals surface area (Å²) in [6, 6.07) is 0. The highest BCUT2D eigenvalue weighted by Gasteiger charge is 2.19. The summed E-state index contributed by atoms with van der Waals surface area (Å²) >= 11 is 5.78. The Hall–Kier alpha value is -1.32. The molecule has 1 unspecified atom stereocenters. The summed E-state index contributed by atoms with van der Waals surface area (Å²) in [5.41, 5.74) is 0. The maximum atomic E-state index is 12.2. The molecule has 112 valence electrons. The number of nitrogens with zero attached hydrogens (tertiary/aromatic N) is 4. The smallest absolute Gasteiger partial charge is 0.265 e. The molecule has 1 aliphatic rings. The summed E-state index contributed by atoms with van der Waals surface area (Å²) in [7, 11) is 0. The lowest BCUT2D eigenvalue weighted by atomic mass is 10.4. The lowest BCUT2D eigenvalue weighted by Crippen LogP contribution is -2.37. The van der Waals surface area contributed by atoms with Crippen LogP contribution in [0.4, 0.5) is 20.7 Å². The van der Waals surface area contributed by atoms with Crippen LogP contribution in [0.2, 0.25) is 5.28 Å². The summed E-state index contributed by atoms with van der Waals surface area (Å²) in [5.74, 6) is 0.397. The number of aliphatic hydroxyl groups is 1. The molecule has 2 rings (SSSR count).